The first kappa shape index (κ1) is 18.9. The first-order valence-corrected chi connectivity index (χ1v) is 9.74. The molecule has 0 saturated carbocycles. The Morgan fingerprint density at radius 3 is 2.48 bits per heavy atom. The van der Waals surface area contributed by atoms with E-state index in [1.807, 2.05) is 44.2 Å². The molecule has 1 aromatic carbocycles. The normalized spacial score (nSPS) is 12.1. The van der Waals surface area contributed by atoms with E-state index in [-0.39, 0.29) is 23.4 Å². The zero-order chi connectivity index (χ0) is 19.4. The van der Waals surface area contributed by atoms with Crippen molar-refractivity contribution in [1.29, 1.82) is 0 Å². The van der Waals surface area contributed by atoms with Gasteiger partial charge in [0, 0.05) is 28.5 Å². The van der Waals surface area contributed by atoms with E-state index < -0.39 is 11.2 Å². The molecule has 7 nitrogen and oxygen atoms in total. The molecule has 0 aliphatic carbocycles. The van der Waals surface area contributed by atoms with Gasteiger partial charge in [-0.2, -0.15) is 4.98 Å². The minimum Gasteiger partial charge on any atom is -0.610 e. The van der Waals surface area contributed by atoms with Crippen molar-refractivity contribution in [3.8, 4) is 11.5 Å². The highest BCUT2D eigenvalue weighted by Crippen LogP contribution is 2.33. The van der Waals surface area contributed by atoms with Crippen molar-refractivity contribution < 1.29 is 9.29 Å². The van der Waals surface area contributed by atoms with Crippen molar-refractivity contribution in [2.75, 3.05) is 11.5 Å². The second-order valence-corrected chi connectivity index (χ2v) is 7.67. The summed E-state index contributed by atoms with van der Waals surface area (Å²) in [6.07, 6.45) is 3.11. The minimum atomic E-state index is -1.31. The van der Waals surface area contributed by atoms with E-state index in [1.165, 1.54) is 6.20 Å². The summed E-state index contributed by atoms with van der Waals surface area (Å²) in [6, 6.07) is 11.3. The average molecular weight is 383 g/mol. The number of nitrogens with zero attached hydrogens (tertiary/aromatic N) is 3. The third-order valence-corrected chi connectivity index (χ3v) is 5.17. The second kappa shape index (κ2) is 8.24. The van der Waals surface area contributed by atoms with Crippen molar-refractivity contribution in [3.63, 3.8) is 0 Å². The molecule has 8 heteroatoms. The maximum Gasteiger partial charge on any atom is 0.248 e. The molecule has 27 heavy (non-hydrogen) atoms. The molecular formula is C19H21N5O2S. The van der Waals surface area contributed by atoms with Crippen LogP contribution < -0.4 is 16.2 Å². The van der Waals surface area contributed by atoms with Gasteiger partial charge in [-0.25, -0.2) is 9.97 Å². The molecule has 2 heterocycles. The Kier molecular flexibility index (Phi) is 5.78. The molecule has 0 amide bonds. The van der Waals surface area contributed by atoms with Crippen LogP contribution in [0.2, 0.25) is 0 Å². The highest BCUT2D eigenvalue weighted by atomic mass is 32.2. The first-order valence-electron chi connectivity index (χ1n) is 8.42. The molecule has 0 aliphatic rings. The van der Waals surface area contributed by atoms with Gasteiger partial charge in [-0.05, 0) is 5.92 Å². The summed E-state index contributed by atoms with van der Waals surface area (Å²) in [6.45, 7) is 4.04. The molecule has 3 rings (SSSR count). The summed E-state index contributed by atoms with van der Waals surface area (Å²) >= 11 is -1.31. The minimum absolute atomic E-state index is 0.0725. The van der Waals surface area contributed by atoms with Crippen LogP contribution >= 0.6 is 0 Å². The van der Waals surface area contributed by atoms with Gasteiger partial charge in [-0.1, -0.05) is 44.2 Å². The van der Waals surface area contributed by atoms with Gasteiger partial charge < -0.3 is 20.8 Å². The van der Waals surface area contributed by atoms with Gasteiger partial charge in [0.15, 0.2) is 11.6 Å². The van der Waals surface area contributed by atoms with E-state index in [9.17, 15) is 4.55 Å². The lowest BCUT2D eigenvalue weighted by Crippen LogP contribution is -2.09. The Balaban J connectivity index is 1.90. The molecule has 140 valence electrons. The van der Waals surface area contributed by atoms with Gasteiger partial charge in [0.25, 0.3) is 0 Å². The molecule has 0 bridgehead atoms. The highest BCUT2D eigenvalue weighted by Gasteiger charge is 2.19. The summed E-state index contributed by atoms with van der Waals surface area (Å²) < 4.78 is 18.7. The number of hydrogen-bond acceptors (Lipinski definition) is 7. The van der Waals surface area contributed by atoms with Gasteiger partial charge >= 0.3 is 0 Å². The van der Waals surface area contributed by atoms with Crippen LogP contribution in [0, 0.1) is 0 Å². The number of ether oxygens (including phenoxy) is 1. The number of benzene rings is 1. The van der Waals surface area contributed by atoms with E-state index in [0.29, 0.717) is 16.5 Å². The third-order valence-electron chi connectivity index (χ3n) is 3.89. The third kappa shape index (κ3) is 4.66. The zero-order valence-corrected chi connectivity index (χ0v) is 15.9. The lowest BCUT2D eigenvalue weighted by molar-refractivity contribution is 0.467. The molecule has 1 unspecified atom stereocenters. The maximum absolute atomic E-state index is 12.7. The van der Waals surface area contributed by atoms with Crippen molar-refractivity contribution in [2.45, 2.75) is 30.5 Å². The summed E-state index contributed by atoms with van der Waals surface area (Å²) in [5.41, 5.74) is 13.2. The molecule has 1 atom stereocenters. The van der Waals surface area contributed by atoms with Crippen LogP contribution in [0.3, 0.4) is 0 Å². The van der Waals surface area contributed by atoms with Gasteiger partial charge in [0.05, 0.1) is 12.3 Å². The summed E-state index contributed by atoms with van der Waals surface area (Å²) in [5, 5.41) is 0.438. The molecule has 0 aliphatic heterocycles. The topological polar surface area (TPSA) is 123 Å². The number of nitrogen functional groups attached to an aromatic ring is 2. The van der Waals surface area contributed by atoms with Crippen LogP contribution in [-0.4, -0.2) is 19.5 Å². The standard InChI is InChI=1S/C19H21N5O2S/c1-12(2)14-9-22-17(27(25)11-13-6-4-3-5-7-13)8-15(14)26-16-10-23-19(21)24-18(16)20/h3-10,12H,11H2,1-2H3,(H4,20,21,23,24). The van der Waals surface area contributed by atoms with Crippen molar-refractivity contribution in [1.82, 2.24) is 15.0 Å². The molecule has 0 spiro atoms. The largest absolute Gasteiger partial charge is 0.610 e. The predicted octanol–water partition coefficient (Wildman–Crippen LogP) is 3.26. The quantitative estimate of drug-likeness (QED) is 0.626. The molecule has 0 fully saturated rings. The Morgan fingerprint density at radius 2 is 1.81 bits per heavy atom. The van der Waals surface area contributed by atoms with Crippen LogP contribution in [0.5, 0.6) is 11.5 Å². The summed E-state index contributed by atoms with van der Waals surface area (Å²) in [7, 11) is 0. The summed E-state index contributed by atoms with van der Waals surface area (Å²) in [5.74, 6) is 1.56. The van der Waals surface area contributed by atoms with E-state index >= 15 is 0 Å². The summed E-state index contributed by atoms with van der Waals surface area (Å²) in [4.78, 5) is 12.2. The van der Waals surface area contributed by atoms with Crippen molar-refractivity contribution in [2.24, 2.45) is 0 Å². The molecular weight excluding hydrogens is 362 g/mol. The molecule has 3 aromatic rings. The molecule has 0 radical (unpaired) electrons. The number of rotatable bonds is 6. The Labute approximate surface area is 161 Å². The van der Waals surface area contributed by atoms with E-state index in [2.05, 4.69) is 15.0 Å². The monoisotopic (exact) mass is 383 g/mol. The second-order valence-electron chi connectivity index (χ2n) is 6.27. The lowest BCUT2D eigenvalue weighted by Gasteiger charge is -2.16. The van der Waals surface area contributed by atoms with E-state index in [4.69, 9.17) is 16.2 Å². The number of pyridine rings is 1. The van der Waals surface area contributed by atoms with Crippen LogP contribution in [-0.2, 0) is 16.9 Å². The Hall–Kier alpha value is -2.84. The van der Waals surface area contributed by atoms with Crippen LogP contribution in [0.4, 0.5) is 11.8 Å². The lowest BCUT2D eigenvalue weighted by atomic mass is 10.1. The van der Waals surface area contributed by atoms with Crippen molar-refractivity contribution >= 4 is 22.9 Å². The maximum atomic E-state index is 12.7. The van der Waals surface area contributed by atoms with Gasteiger partial charge in [-0.3, -0.25) is 0 Å². The van der Waals surface area contributed by atoms with Gasteiger partial charge in [-0.15, -0.1) is 0 Å². The number of anilines is 2. The van der Waals surface area contributed by atoms with Gasteiger partial charge in [0.1, 0.15) is 11.5 Å². The van der Waals surface area contributed by atoms with Gasteiger partial charge in [0.2, 0.25) is 11.0 Å². The Bertz CT molecular complexity index is 921. The smallest absolute Gasteiger partial charge is 0.248 e. The van der Waals surface area contributed by atoms with Crippen LogP contribution in [0.25, 0.3) is 0 Å². The fraction of sp³-hybridized carbons (Fsp3) is 0.211. The number of nitrogens with two attached hydrogens (primary N) is 2. The highest BCUT2D eigenvalue weighted by molar-refractivity contribution is 7.90. The Morgan fingerprint density at radius 1 is 1.07 bits per heavy atom. The molecule has 2 aromatic heterocycles. The fourth-order valence-electron chi connectivity index (χ4n) is 2.47. The molecule has 0 saturated heterocycles. The zero-order valence-electron chi connectivity index (χ0n) is 15.1. The van der Waals surface area contributed by atoms with E-state index in [0.717, 1.165) is 11.1 Å². The van der Waals surface area contributed by atoms with E-state index in [1.54, 1.807) is 12.3 Å². The molecule has 4 N–H and O–H groups in total. The SMILES string of the molecule is CC(C)c1cnc([S+]([O-])Cc2ccccc2)cc1Oc1cnc(N)nc1N. The van der Waals surface area contributed by atoms with Crippen LogP contribution in [0.15, 0.2) is 53.8 Å². The van der Waals surface area contributed by atoms with Crippen molar-refractivity contribution in [3.05, 3.63) is 59.9 Å². The number of hydrogen-bond donors (Lipinski definition) is 2. The predicted molar refractivity (Wildman–Crippen MR) is 106 cm³/mol. The van der Waals surface area contributed by atoms with Crippen LogP contribution in [0.1, 0.15) is 30.9 Å². The fourth-order valence-corrected chi connectivity index (χ4v) is 3.52. The number of aromatic nitrogens is 3. The average Bonchev–Trinajstić information content (AvgIpc) is 2.64. The first-order chi connectivity index (χ1) is 12.9.